The van der Waals surface area contributed by atoms with Gasteiger partial charge in [-0.25, -0.2) is 9.97 Å². The summed E-state index contributed by atoms with van der Waals surface area (Å²) in [4.78, 5) is 8.57. The maximum Gasteiger partial charge on any atom is 0.137 e. The summed E-state index contributed by atoms with van der Waals surface area (Å²) < 4.78 is 0. The van der Waals surface area contributed by atoms with Crippen LogP contribution in [0.4, 0.5) is 0 Å². The summed E-state index contributed by atoms with van der Waals surface area (Å²) >= 11 is 12.1. The van der Waals surface area contributed by atoms with E-state index in [-0.39, 0.29) is 0 Å². The Morgan fingerprint density at radius 3 is 2.21 bits per heavy atom. The Hall–Kier alpha value is -0.340. The second kappa shape index (κ2) is 4.03. The molecule has 0 saturated heterocycles. The second-order valence-electron chi connectivity index (χ2n) is 3.67. The summed E-state index contributed by atoms with van der Waals surface area (Å²) in [5.74, 6) is 1.32. The molecule has 1 aromatic heterocycles. The van der Waals surface area contributed by atoms with Crippen molar-refractivity contribution in [3.8, 4) is 0 Å². The Morgan fingerprint density at radius 2 is 1.79 bits per heavy atom. The highest BCUT2D eigenvalue weighted by Gasteiger charge is 2.28. The van der Waals surface area contributed by atoms with Crippen LogP contribution in [0.5, 0.6) is 0 Å². The SMILES string of the molecule is CCCc1c(Cl)nc(C2CC2)nc1Cl. The summed E-state index contributed by atoms with van der Waals surface area (Å²) in [7, 11) is 0. The lowest BCUT2D eigenvalue weighted by molar-refractivity contribution is 0.864. The van der Waals surface area contributed by atoms with Crippen molar-refractivity contribution in [2.75, 3.05) is 0 Å². The molecule has 0 aromatic carbocycles. The van der Waals surface area contributed by atoms with Gasteiger partial charge in [0.15, 0.2) is 0 Å². The molecule has 0 unspecified atom stereocenters. The van der Waals surface area contributed by atoms with E-state index in [0.717, 1.165) is 24.2 Å². The highest BCUT2D eigenvalue weighted by atomic mass is 35.5. The molecule has 1 fully saturated rings. The summed E-state index contributed by atoms with van der Waals surface area (Å²) in [6, 6.07) is 0. The topological polar surface area (TPSA) is 25.8 Å². The zero-order valence-corrected chi connectivity index (χ0v) is 9.57. The average molecular weight is 231 g/mol. The average Bonchev–Trinajstić information content (AvgIpc) is 2.93. The highest BCUT2D eigenvalue weighted by molar-refractivity contribution is 6.34. The molecule has 76 valence electrons. The van der Waals surface area contributed by atoms with Crippen molar-refractivity contribution in [2.45, 2.75) is 38.5 Å². The van der Waals surface area contributed by atoms with Crippen LogP contribution in [0.2, 0.25) is 10.3 Å². The molecule has 0 N–H and O–H groups in total. The van der Waals surface area contributed by atoms with Crippen LogP contribution in [0.1, 0.15) is 43.5 Å². The summed E-state index contributed by atoms with van der Waals surface area (Å²) in [5.41, 5.74) is 0.889. The van der Waals surface area contributed by atoms with E-state index < -0.39 is 0 Å². The first-order valence-corrected chi connectivity index (χ1v) is 5.69. The minimum atomic E-state index is 0.501. The molecular weight excluding hydrogens is 219 g/mol. The van der Waals surface area contributed by atoms with Gasteiger partial charge in [-0.3, -0.25) is 0 Å². The molecule has 0 aliphatic heterocycles. The van der Waals surface area contributed by atoms with Gasteiger partial charge in [-0.05, 0) is 19.3 Å². The standard InChI is InChI=1S/C10H12Cl2N2/c1-2-3-7-8(11)13-10(6-4-5-6)14-9(7)12/h6H,2-5H2,1H3. The lowest BCUT2D eigenvalue weighted by atomic mass is 10.2. The number of nitrogens with zero attached hydrogens (tertiary/aromatic N) is 2. The first-order chi connectivity index (χ1) is 6.72. The number of aromatic nitrogens is 2. The third-order valence-electron chi connectivity index (χ3n) is 2.37. The van der Waals surface area contributed by atoms with Crippen LogP contribution in [0.25, 0.3) is 0 Å². The van der Waals surface area contributed by atoms with Gasteiger partial charge in [0.05, 0.1) is 0 Å². The number of halogens is 2. The van der Waals surface area contributed by atoms with Crippen LogP contribution in [-0.2, 0) is 6.42 Å². The van der Waals surface area contributed by atoms with Crippen LogP contribution >= 0.6 is 23.2 Å². The van der Waals surface area contributed by atoms with Crippen molar-refractivity contribution < 1.29 is 0 Å². The van der Waals surface area contributed by atoms with Crippen molar-refractivity contribution in [3.63, 3.8) is 0 Å². The molecule has 4 heteroatoms. The molecule has 2 rings (SSSR count). The van der Waals surface area contributed by atoms with E-state index >= 15 is 0 Å². The number of hydrogen-bond acceptors (Lipinski definition) is 2. The van der Waals surface area contributed by atoms with E-state index in [2.05, 4.69) is 16.9 Å². The lowest BCUT2D eigenvalue weighted by Crippen LogP contribution is -1.99. The molecule has 0 amide bonds. The summed E-state index contributed by atoms with van der Waals surface area (Å²) in [6.45, 7) is 2.08. The van der Waals surface area contributed by atoms with Gasteiger partial charge < -0.3 is 0 Å². The second-order valence-corrected chi connectivity index (χ2v) is 4.38. The van der Waals surface area contributed by atoms with Crippen LogP contribution in [-0.4, -0.2) is 9.97 Å². The van der Waals surface area contributed by atoms with Crippen molar-refractivity contribution in [1.82, 2.24) is 9.97 Å². The fourth-order valence-electron chi connectivity index (χ4n) is 1.43. The maximum absolute atomic E-state index is 6.05. The summed E-state index contributed by atoms with van der Waals surface area (Å²) in [5, 5.41) is 1.07. The minimum absolute atomic E-state index is 0.501. The van der Waals surface area contributed by atoms with E-state index in [0.29, 0.717) is 16.2 Å². The molecule has 1 heterocycles. The Labute approximate surface area is 93.7 Å². The van der Waals surface area contributed by atoms with Gasteiger partial charge in [-0.1, -0.05) is 36.5 Å². The maximum atomic E-state index is 6.05. The van der Waals surface area contributed by atoms with Gasteiger partial charge in [-0.15, -0.1) is 0 Å². The molecule has 14 heavy (non-hydrogen) atoms. The van der Waals surface area contributed by atoms with Crippen molar-refractivity contribution >= 4 is 23.2 Å². The monoisotopic (exact) mass is 230 g/mol. The molecule has 2 nitrogen and oxygen atoms in total. The molecule has 0 radical (unpaired) electrons. The van der Waals surface area contributed by atoms with E-state index in [1.54, 1.807) is 0 Å². The van der Waals surface area contributed by atoms with Gasteiger partial charge in [0.25, 0.3) is 0 Å². The van der Waals surface area contributed by atoms with E-state index in [4.69, 9.17) is 23.2 Å². The molecule has 0 bridgehead atoms. The summed E-state index contributed by atoms with van der Waals surface area (Å²) in [6.07, 6.45) is 4.19. The van der Waals surface area contributed by atoms with E-state index in [1.165, 1.54) is 12.8 Å². The Bertz CT molecular complexity index is 325. The van der Waals surface area contributed by atoms with Gasteiger partial charge in [0.1, 0.15) is 16.1 Å². The molecular formula is C10H12Cl2N2. The molecule has 0 spiro atoms. The normalized spacial score (nSPS) is 15.9. The minimum Gasteiger partial charge on any atom is -0.221 e. The highest BCUT2D eigenvalue weighted by Crippen LogP contribution is 2.39. The molecule has 1 aliphatic rings. The Kier molecular flexibility index (Phi) is 2.93. The van der Waals surface area contributed by atoms with Crippen LogP contribution < -0.4 is 0 Å². The van der Waals surface area contributed by atoms with Crippen molar-refractivity contribution in [3.05, 3.63) is 21.7 Å². The number of hydrogen-bond donors (Lipinski definition) is 0. The van der Waals surface area contributed by atoms with Crippen LogP contribution in [0.3, 0.4) is 0 Å². The third-order valence-corrected chi connectivity index (χ3v) is 2.99. The third kappa shape index (κ3) is 2.01. The smallest absolute Gasteiger partial charge is 0.137 e. The zero-order valence-electron chi connectivity index (χ0n) is 8.06. The molecule has 0 atom stereocenters. The Balaban J connectivity index is 2.33. The zero-order chi connectivity index (χ0) is 10.1. The quantitative estimate of drug-likeness (QED) is 0.742. The van der Waals surface area contributed by atoms with Crippen molar-refractivity contribution in [1.29, 1.82) is 0 Å². The fourth-order valence-corrected chi connectivity index (χ4v) is 2.02. The predicted octanol–water partition coefficient (Wildman–Crippen LogP) is 3.61. The van der Waals surface area contributed by atoms with E-state index in [1.807, 2.05) is 0 Å². The molecule has 1 aliphatic carbocycles. The number of rotatable bonds is 3. The molecule has 1 saturated carbocycles. The first kappa shape index (κ1) is 10.2. The largest absolute Gasteiger partial charge is 0.221 e. The Morgan fingerprint density at radius 1 is 1.21 bits per heavy atom. The predicted molar refractivity (Wildman–Crippen MR) is 58.0 cm³/mol. The molecule has 1 aromatic rings. The van der Waals surface area contributed by atoms with Gasteiger partial charge in [0, 0.05) is 11.5 Å². The van der Waals surface area contributed by atoms with Gasteiger partial charge in [0.2, 0.25) is 0 Å². The van der Waals surface area contributed by atoms with E-state index in [9.17, 15) is 0 Å². The first-order valence-electron chi connectivity index (χ1n) is 4.94. The van der Waals surface area contributed by atoms with Gasteiger partial charge in [-0.2, -0.15) is 0 Å². The fraction of sp³-hybridized carbons (Fsp3) is 0.600. The van der Waals surface area contributed by atoms with Gasteiger partial charge >= 0.3 is 0 Å². The van der Waals surface area contributed by atoms with Crippen molar-refractivity contribution in [2.24, 2.45) is 0 Å². The van der Waals surface area contributed by atoms with Crippen LogP contribution in [0.15, 0.2) is 0 Å². The van der Waals surface area contributed by atoms with Crippen LogP contribution in [0, 0.1) is 0 Å². The lowest BCUT2D eigenvalue weighted by Gasteiger charge is -2.06.